The van der Waals surface area contributed by atoms with E-state index in [1.165, 1.54) is 29.0 Å². The standard InChI is InChI=1S/C14H14F2N2O2/c1-9-10(4-2-6-12(9)19)17-14(20)11-5-3-7-18(11)8-13(15)16/h2-7,13,19H,8H2,1H3,(H,17,20). The van der Waals surface area contributed by atoms with Crippen LogP contribution < -0.4 is 5.32 Å². The topological polar surface area (TPSA) is 54.3 Å². The molecule has 0 fully saturated rings. The largest absolute Gasteiger partial charge is 0.508 e. The maximum Gasteiger partial charge on any atom is 0.272 e. The highest BCUT2D eigenvalue weighted by atomic mass is 19.3. The first kappa shape index (κ1) is 14.0. The second-order valence-electron chi connectivity index (χ2n) is 4.34. The number of hydrogen-bond acceptors (Lipinski definition) is 2. The highest BCUT2D eigenvalue weighted by Gasteiger charge is 2.15. The van der Waals surface area contributed by atoms with Crippen LogP contribution >= 0.6 is 0 Å². The van der Waals surface area contributed by atoms with Gasteiger partial charge < -0.3 is 15.0 Å². The monoisotopic (exact) mass is 280 g/mol. The summed E-state index contributed by atoms with van der Waals surface area (Å²) in [5, 5.41) is 12.2. The molecule has 106 valence electrons. The molecule has 2 aromatic rings. The van der Waals surface area contributed by atoms with Crippen molar-refractivity contribution >= 4 is 11.6 Å². The molecule has 1 aromatic heterocycles. The van der Waals surface area contributed by atoms with E-state index in [2.05, 4.69) is 5.32 Å². The Morgan fingerprint density at radius 1 is 1.35 bits per heavy atom. The van der Waals surface area contributed by atoms with E-state index in [4.69, 9.17) is 0 Å². The Balaban J connectivity index is 2.20. The van der Waals surface area contributed by atoms with Gasteiger partial charge in [0.25, 0.3) is 12.3 Å². The first-order valence-electron chi connectivity index (χ1n) is 6.02. The van der Waals surface area contributed by atoms with Gasteiger partial charge in [0.2, 0.25) is 0 Å². The normalized spacial score (nSPS) is 10.8. The van der Waals surface area contributed by atoms with Crippen molar-refractivity contribution < 1.29 is 18.7 Å². The lowest BCUT2D eigenvalue weighted by atomic mass is 10.2. The zero-order valence-corrected chi connectivity index (χ0v) is 10.8. The van der Waals surface area contributed by atoms with Crippen LogP contribution in [0.2, 0.25) is 0 Å². The van der Waals surface area contributed by atoms with Crippen LogP contribution in [0.25, 0.3) is 0 Å². The molecule has 4 nitrogen and oxygen atoms in total. The van der Waals surface area contributed by atoms with Gasteiger partial charge in [-0.15, -0.1) is 0 Å². The molecule has 1 amide bonds. The minimum atomic E-state index is -2.53. The molecule has 2 N–H and O–H groups in total. The van der Waals surface area contributed by atoms with E-state index in [1.54, 1.807) is 19.1 Å². The summed E-state index contributed by atoms with van der Waals surface area (Å²) >= 11 is 0. The molecule has 1 heterocycles. The Morgan fingerprint density at radius 2 is 2.10 bits per heavy atom. The van der Waals surface area contributed by atoms with Crippen LogP contribution in [-0.4, -0.2) is 22.0 Å². The van der Waals surface area contributed by atoms with Crippen molar-refractivity contribution in [3.8, 4) is 5.75 Å². The zero-order valence-electron chi connectivity index (χ0n) is 10.8. The summed E-state index contributed by atoms with van der Waals surface area (Å²) in [4.78, 5) is 12.1. The van der Waals surface area contributed by atoms with Gasteiger partial charge >= 0.3 is 0 Å². The zero-order chi connectivity index (χ0) is 14.7. The Bertz CT molecular complexity index is 623. The summed E-state index contributed by atoms with van der Waals surface area (Å²) < 4.78 is 26.0. The van der Waals surface area contributed by atoms with Crippen LogP contribution in [0.3, 0.4) is 0 Å². The lowest BCUT2D eigenvalue weighted by Gasteiger charge is -2.11. The quantitative estimate of drug-likeness (QED) is 0.904. The summed E-state index contributed by atoms with van der Waals surface area (Å²) in [6.45, 7) is 1.12. The number of rotatable bonds is 4. The number of carbonyl (C=O) groups is 1. The molecule has 0 radical (unpaired) electrons. The summed E-state index contributed by atoms with van der Waals surface area (Å²) in [6.07, 6.45) is -1.10. The third-order valence-corrected chi connectivity index (χ3v) is 2.95. The predicted molar refractivity (Wildman–Crippen MR) is 71.2 cm³/mol. The first-order chi connectivity index (χ1) is 9.49. The number of amides is 1. The second-order valence-corrected chi connectivity index (χ2v) is 4.34. The fourth-order valence-corrected chi connectivity index (χ4v) is 1.87. The van der Waals surface area contributed by atoms with Gasteiger partial charge in [-0.05, 0) is 31.2 Å². The third kappa shape index (κ3) is 2.96. The minimum absolute atomic E-state index is 0.0609. The smallest absolute Gasteiger partial charge is 0.272 e. The molecule has 0 saturated carbocycles. The number of carbonyl (C=O) groups excluding carboxylic acids is 1. The third-order valence-electron chi connectivity index (χ3n) is 2.95. The number of nitrogens with zero attached hydrogens (tertiary/aromatic N) is 1. The van der Waals surface area contributed by atoms with Crippen LogP contribution in [0.5, 0.6) is 5.75 Å². The highest BCUT2D eigenvalue weighted by molar-refractivity contribution is 6.03. The molecule has 20 heavy (non-hydrogen) atoms. The van der Waals surface area contributed by atoms with E-state index in [-0.39, 0.29) is 11.4 Å². The van der Waals surface area contributed by atoms with Gasteiger partial charge in [0.15, 0.2) is 0 Å². The number of anilines is 1. The molecule has 0 saturated heterocycles. The predicted octanol–water partition coefficient (Wildman–Crippen LogP) is 3.02. The summed E-state index contributed by atoms with van der Waals surface area (Å²) in [5.41, 5.74) is 1.11. The van der Waals surface area contributed by atoms with Crippen LogP contribution in [0, 0.1) is 6.92 Å². The van der Waals surface area contributed by atoms with Crippen LogP contribution in [0.15, 0.2) is 36.5 Å². The van der Waals surface area contributed by atoms with E-state index in [0.717, 1.165) is 0 Å². The van der Waals surface area contributed by atoms with Crippen LogP contribution in [0.4, 0.5) is 14.5 Å². The van der Waals surface area contributed by atoms with Gasteiger partial charge in [-0.25, -0.2) is 8.78 Å². The molecular formula is C14H14F2N2O2. The van der Waals surface area contributed by atoms with Crippen LogP contribution in [0.1, 0.15) is 16.1 Å². The molecule has 1 aromatic carbocycles. The number of alkyl halides is 2. The fraction of sp³-hybridized carbons (Fsp3) is 0.214. The number of nitrogens with one attached hydrogen (secondary N) is 1. The van der Waals surface area contributed by atoms with Gasteiger partial charge in [0, 0.05) is 17.4 Å². The van der Waals surface area contributed by atoms with Crippen molar-refractivity contribution in [2.24, 2.45) is 0 Å². The minimum Gasteiger partial charge on any atom is -0.508 e. The Kier molecular flexibility index (Phi) is 4.02. The lowest BCUT2D eigenvalue weighted by Crippen LogP contribution is -2.19. The number of aromatic hydroxyl groups is 1. The molecule has 0 bridgehead atoms. The lowest BCUT2D eigenvalue weighted by molar-refractivity contribution is 0.0997. The first-order valence-corrected chi connectivity index (χ1v) is 6.02. The highest BCUT2D eigenvalue weighted by Crippen LogP contribution is 2.24. The molecule has 0 atom stereocenters. The molecular weight excluding hydrogens is 266 g/mol. The molecule has 0 aliphatic rings. The summed E-state index contributed by atoms with van der Waals surface area (Å²) in [7, 11) is 0. The molecule has 0 aliphatic carbocycles. The number of hydrogen-bond donors (Lipinski definition) is 2. The van der Waals surface area contributed by atoms with Gasteiger partial charge in [0.05, 0.1) is 6.54 Å². The van der Waals surface area contributed by atoms with E-state index in [0.29, 0.717) is 11.3 Å². The van der Waals surface area contributed by atoms with Crippen molar-refractivity contribution in [1.82, 2.24) is 4.57 Å². The van der Waals surface area contributed by atoms with Gasteiger partial charge in [0.1, 0.15) is 11.4 Å². The van der Waals surface area contributed by atoms with Gasteiger partial charge in [-0.1, -0.05) is 6.07 Å². The van der Waals surface area contributed by atoms with Crippen molar-refractivity contribution in [3.05, 3.63) is 47.8 Å². The Labute approximate surface area is 114 Å². The van der Waals surface area contributed by atoms with E-state index in [1.807, 2.05) is 0 Å². The number of benzene rings is 1. The summed E-state index contributed by atoms with van der Waals surface area (Å²) in [5.74, 6) is -0.435. The van der Waals surface area contributed by atoms with Crippen molar-refractivity contribution in [3.63, 3.8) is 0 Å². The molecule has 2 rings (SSSR count). The van der Waals surface area contributed by atoms with Gasteiger partial charge in [-0.2, -0.15) is 0 Å². The molecule has 6 heteroatoms. The molecule has 0 aliphatic heterocycles. The second kappa shape index (κ2) is 5.73. The Hall–Kier alpha value is -2.37. The number of phenols is 1. The van der Waals surface area contributed by atoms with Crippen LogP contribution in [-0.2, 0) is 6.54 Å². The van der Waals surface area contributed by atoms with Crippen molar-refractivity contribution in [2.45, 2.75) is 19.9 Å². The average molecular weight is 280 g/mol. The fourth-order valence-electron chi connectivity index (χ4n) is 1.87. The maximum atomic E-state index is 12.4. The Morgan fingerprint density at radius 3 is 2.80 bits per heavy atom. The number of aromatic nitrogens is 1. The van der Waals surface area contributed by atoms with E-state index in [9.17, 15) is 18.7 Å². The van der Waals surface area contributed by atoms with Gasteiger partial charge in [-0.3, -0.25) is 4.79 Å². The van der Waals surface area contributed by atoms with Crippen molar-refractivity contribution in [1.29, 1.82) is 0 Å². The van der Waals surface area contributed by atoms with Crippen molar-refractivity contribution in [2.75, 3.05) is 5.32 Å². The maximum absolute atomic E-state index is 12.4. The SMILES string of the molecule is Cc1c(O)cccc1NC(=O)c1cccn1CC(F)F. The molecule has 0 spiro atoms. The number of phenolic OH excluding ortho intramolecular Hbond substituents is 1. The van der Waals surface area contributed by atoms with E-state index >= 15 is 0 Å². The summed E-state index contributed by atoms with van der Waals surface area (Å²) in [6, 6.07) is 7.73. The number of halogens is 2. The van der Waals surface area contributed by atoms with E-state index < -0.39 is 18.9 Å². The molecule has 0 unspecified atom stereocenters. The average Bonchev–Trinajstić information content (AvgIpc) is 2.82.